The van der Waals surface area contributed by atoms with Gasteiger partial charge in [0.2, 0.25) is 0 Å². The Hall–Kier alpha value is -2.04. The van der Waals surface area contributed by atoms with Crippen molar-refractivity contribution >= 4 is 45.2 Å². The van der Waals surface area contributed by atoms with Crippen molar-refractivity contribution in [2.75, 3.05) is 20.8 Å². The molecule has 7 heteroatoms. The lowest BCUT2D eigenvalue weighted by atomic mass is 9.94. The van der Waals surface area contributed by atoms with Crippen molar-refractivity contribution in [1.82, 2.24) is 9.80 Å². The van der Waals surface area contributed by atoms with Crippen LogP contribution in [0.25, 0.3) is 6.08 Å². The van der Waals surface area contributed by atoms with Crippen molar-refractivity contribution in [3.63, 3.8) is 0 Å². The monoisotopic (exact) mass is 462 g/mol. The third-order valence-corrected chi connectivity index (χ3v) is 6.15. The van der Waals surface area contributed by atoms with E-state index in [1.165, 1.54) is 6.42 Å². The van der Waals surface area contributed by atoms with Crippen LogP contribution in [0.3, 0.4) is 0 Å². The second-order valence-corrected chi connectivity index (χ2v) is 8.08. The molecule has 1 saturated heterocycles. The number of benzene rings is 1. The molecule has 5 nitrogen and oxygen atoms in total. The standard InChI is InChI=1S/C21H23BrN2O3S/c1-4-10-27-19-16(22)11-14(13-18(19)26-3)12-17-20(25)24(21(28)23(17)2)15-8-6-5-7-9-15/h1,11-13,15H,5-10H2,2-3H3/b17-12-. The van der Waals surface area contributed by atoms with Gasteiger partial charge in [-0.25, -0.2) is 0 Å². The van der Waals surface area contributed by atoms with E-state index < -0.39 is 0 Å². The number of carbonyl (C=O) groups is 1. The molecule has 148 valence electrons. The minimum Gasteiger partial charge on any atom is -0.493 e. The van der Waals surface area contributed by atoms with Crippen molar-refractivity contribution in [2.45, 2.75) is 38.1 Å². The number of halogens is 1. The van der Waals surface area contributed by atoms with Gasteiger partial charge in [0.1, 0.15) is 12.3 Å². The first-order valence-corrected chi connectivity index (χ1v) is 10.4. The van der Waals surface area contributed by atoms with E-state index in [2.05, 4.69) is 21.9 Å². The Morgan fingerprint density at radius 1 is 1.36 bits per heavy atom. The number of amides is 1. The Morgan fingerprint density at radius 3 is 2.71 bits per heavy atom. The normalized spacial score (nSPS) is 19.3. The van der Waals surface area contributed by atoms with Gasteiger partial charge in [-0.2, -0.15) is 0 Å². The Bertz CT molecular complexity index is 856. The zero-order chi connectivity index (χ0) is 20.3. The topological polar surface area (TPSA) is 42.0 Å². The average molecular weight is 463 g/mol. The SMILES string of the molecule is C#CCOc1c(Br)cc(/C=C2/C(=O)N(C3CCCCC3)C(=S)N2C)cc1OC. The molecule has 1 aliphatic heterocycles. The first kappa shape index (κ1) is 20.7. The second-order valence-electron chi connectivity index (χ2n) is 6.87. The lowest BCUT2D eigenvalue weighted by Gasteiger charge is -2.30. The van der Waals surface area contributed by atoms with Crippen molar-refractivity contribution in [2.24, 2.45) is 0 Å². The second kappa shape index (κ2) is 8.97. The first-order valence-electron chi connectivity index (χ1n) is 9.24. The fourth-order valence-corrected chi connectivity index (χ4v) is 4.58. The van der Waals surface area contributed by atoms with E-state index in [9.17, 15) is 4.79 Å². The number of methoxy groups -OCH3 is 1. The molecular weight excluding hydrogens is 440 g/mol. The Balaban J connectivity index is 1.92. The summed E-state index contributed by atoms with van der Waals surface area (Å²) in [7, 11) is 3.40. The predicted octanol–water partition coefficient (Wildman–Crippen LogP) is 4.20. The molecule has 2 aliphatic rings. The molecule has 1 aromatic carbocycles. The summed E-state index contributed by atoms with van der Waals surface area (Å²) in [6.07, 6.45) is 12.6. The number of rotatable bonds is 5. The van der Waals surface area contributed by atoms with E-state index in [-0.39, 0.29) is 18.6 Å². The van der Waals surface area contributed by atoms with Crippen molar-refractivity contribution < 1.29 is 14.3 Å². The van der Waals surface area contributed by atoms with E-state index >= 15 is 0 Å². The lowest BCUT2D eigenvalue weighted by Crippen LogP contribution is -2.41. The fraction of sp³-hybridized carbons (Fsp3) is 0.429. The molecule has 1 saturated carbocycles. The van der Waals surface area contributed by atoms with Gasteiger partial charge in [0.25, 0.3) is 5.91 Å². The highest BCUT2D eigenvalue weighted by Crippen LogP contribution is 2.38. The number of terminal acetylenes is 1. The summed E-state index contributed by atoms with van der Waals surface area (Å²) >= 11 is 9.07. The molecule has 3 rings (SSSR count). The molecule has 0 spiro atoms. The van der Waals surface area contributed by atoms with Crippen LogP contribution in [0.4, 0.5) is 0 Å². The zero-order valence-electron chi connectivity index (χ0n) is 16.0. The molecular formula is C21H23BrN2O3S. The summed E-state index contributed by atoms with van der Waals surface area (Å²) in [5.74, 6) is 3.47. The van der Waals surface area contributed by atoms with E-state index in [4.69, 9.17) is 28.1 Å². The predicted molar refractivity (Wildman–Crippen MR) is 117 cm³/mol. The van der Waals surface area contributed by atoms with Crippen LogP contribution in [-0.4, -0.2) is 47.6 Å². The molecule has 28 heavy (non-hydrogen) atoms. The molecule has 2 fully saturated rings. The average Bonchev–Trinajstić information content (AvgIpc) is 2.90. The quantitative estimate of drug-likeness (QED) is 0.372. The van der Waals surface area contributed by atoms with Crippen LogP contribution in [0.15, 0.2) is 22.3 Å². The molecule has 1 heterocycles. The van der Waals surface area contributed by atoms with Crippen molar-refractivity contribution in [1.29, 1.82) is 0 Å². The number of nitrogens with zero attached hydrogens (tertiary/aromatic N) is 2. The van der Waals surface area contributed by atoms with Gasteiger partial charge in [0.05, 0.1) is 11.6 Å². The number of hydrogen-bond donors (Lipinski definition) is 0. The maximum absolute atomic E-state index is 13.1. The first-order chi connectivity index (χ1) is 13.5. The number of thiocarbonyl (C=S) groups is 1. The third kappa shape index (κ3) is 4.03. The Labute approximate surface area is 179 Å². The maximum Gasteiger partial charge on any atom is 0.277 e. The summed E-state index contributed by atoms with van der Waals surface area (Å²) < 4.78 is 11.7. The van der Waals surface area contributed by atoms with Gasteiger partial charge in [-0.05, 0) is 64.8 Å². The van der Waals surface area contributed by atoms with Gasteiger partial charge in [0, 0.05) is 13.1 Å². The van der Waals surface area contributed by atoms with Gasteiger partial charge in [0.15, 0.2) is 16.6 Å². The van der Waals surface area contributed by atoms with Crippen LogP contribution in [0.2, 0.25) is 0 Å². The number of ether oxygens (including phenoxy) is 2. The van der Waals surface area contributed by atoms with Gasteiger partial charge < -0.3 is 14.4 Å². The highest BCUT2D eigenvalue weighted by atomic mass is 79.9. The number of hydrogen-bond acceptors (Lipinski definition) is 4. The van der Waals surface area contributed by atoms with E-state index in [0.29, 0.717) is 26.8 Å². The fourth-order valence-electron chi connectivity index (χ4n) is 3.67. The minimum absolute atomic E-state index is 0.0397. The molecule has 0 N–H and O–H groups in total. The van der Waals surface area contributed by atoms with Crippen molar-refractivity contribution in [3.05, 3.63) is 27.9 Å². The number of likely N-dealkylation sites (N-methyl/N-ethyl adjacent to an activating group) is 1. The molecule has 0 atom stereocenters. The molecule has 0 unspecified atom stereocenters. The molecule has 0 bridgehead atoms. The Morgan fingerprint density at radius 2 is 2.07 bits per heavy atom. The molecule has 1 amide bonds. The summed E-state index contributed by atoms with van der Waals surface area (Å²) in [6.45, 7) is 0.140. The molecule has 1 aromatic rings. The molecule has 0 aromatic heterocycles. The van der Waals surface area contributed by atoms with Gasteiger partial charge in [-0.1, -0.05) is 25.2 Å². The van der Waals surface area contributed by atoms with Crippen LogP contribution >= 0.6 is 28.1 Å². The van der Waals surface area contributed by atoms with Crippen LogP contribution in [0.1, 0.15) is 37.7 Å². The van der Waals surface area contributed by atoms with Crippen molar-refractivity contribution in [3.8, 4) is 23.8 Å². The van der Waals surface area contributed by atoms with E-state index in [0.717, 1.165) is 31.2 Å². The third-order valence-electron chi connectivity index (χ3n) is 5.09. The highest BCUT2D eigenvalue weighted by Gasteiger charge is 2.40. The van der Waals surface area contributed by atoms with Crippen LogP contribution < -0.4 is 9.47 Å². The summed E-state index contributed by atoms with van der Waals surface area (Å²) in [5.41, 5.74) is 1.36. The van der Waals surface area contributed by atoms with Gasteiger partial charge in [-0.3, -0.25) is 9.69 Å². The van der Waals surface area contributed by atoms with Crippen LogP contribution in [-0.2, 0) is 4.79 Å². The smallest absolute Gasteiger partial charge is 0.277 e. The Kier molecular flexibility index (Phi) is 6.63. The maximum atomic E-state index is 13.1. The summed E-state index contributed by atoms with van der Waals surface area (Å²) in [5, 5.41) is 0.572. The summed E-state index contributed by atoms with van der Waals surface area (Å²) in [6, 6.07) is 3.88. The number of carbonyl (C=O) groups excluding carboxylic acids is 1. The summed E-state index contributed by atoms with van der Waals surface area (Å²) in [4.78, 5) is 16.7. The van der Waals surface area contributed by atoms with E-state index in [1.807, 2.05) is 25.3 Å². The van der Waals surface area contributed by atoms with E-state index in [1.54, 1.807) is 16.9 Å². The lowest BCUT2D eigenvalue weighted by molar-refractivity contribution is -0.124. The minimum atomic E-state index is -0.0397. The largest absolute Gasteiger partial charge is 0.493 e. The van der Waals surface area contributed by atoms with Gasteiger partial charge in [-0.15, -0.1) is 6.42 Å². The van der Waals surface area contributed by atoms with Crippen LogP contribution in [0.5, 0.6) is 11.5 Å². The van der Waals surface area contributed by atoms with Crippen LogP contribution in [0, 0.1) is 12.3 Å². The van der Waals surface area contributed by atoms with Gasteiger partial charge >= 0.3 is 0 Å². The zero-order valence-corrected chi connectivity index (χ0v) is 18.4. The highest BCUT2D eigenvalue weighted by molar-refractivity contribution is 9.10. The molecule has 0 radical (unpaired) electrons. The molecule has 1 aliphatic carbocycles.